The van der Waals surface area contributed by atoms with Crippen LogP contribution in [0.25, 0.3) is 0 Å². The molecule has 0 aromatic heterocycles. The summed E-state index contributed by atoms with van der Waals surface area (Å²) >= 11 is 0. The number of hydrogen-bond donors (Lipinski definition) is 5. The van der Waals surface area contributed by atoms with Gasteiger partial charge >= 0.3 is 41.8 Å². The van der Waals surface area contributed by atoms with Gasteiger partial charge in [0.25, 0.3) is 0 Å². The van der Waals surface area contributed by atoms with Crippen LogP contribution in [0.4, 0.5) is 0 Å². The molecule has 1 aromatic carbocycles. The van der Waals surface area contributed by atoms with E-state index in [0.717, 1.165) is 0 Å². The van der Waals surface area contributed by atoms with Gasteiger partial charge in [-0.3, -0.25) is 0 Å². The number of carboxylic acids is 5. The lowest BCUT2D eigenvalue weighted by Crippen LogP contribution is -2.29. The van der Waals surface area contributed by atoms with Crippen molar-refractivity contribution in [2.24, 2.45) is 0 Å². The number of carboxylic acid groups (broad SMARTS) is 5. The quantitative estimate of drug-likeness (QED) is 0.183. The van der Waals surface area contributed by atoms with Gasteiger partial charge in [0.05, 0.1) is 33.4 Å². The number of ether oxygens (including phenoxy) is 2. The van der Waals surface area contributed by atoms with Gasteiger partial charge < -0.3 is 35.0 Å². The van der Waals surface area contributed by atoms with Crippen molar-refractivity contribution >= 4 is 41.8 Å². The summed E-state index contributed by atoms with van der Waals surface area (Å²) in [6.45, 7) is 3.20. The Morgan fingerprint density at radius 1 is 0.594 bits per heavy atom. The first-order chi connectivity index (χ1) is 14.7. The van der Waals surface area contributed by atoms with Crippen LogP contribution in [0.5, 0.6) is 0 Å². The summed E-state index contributed by atoms with van der Waals surface area (Å²) < 4.78 is 9.21. The molecule has 0 fully saturated rings. The van der Waals surface area contributed by atoms with Crippen molar-refractivity contribution in [3.05, 3.63) is 45.5 Å². The van der Waals surface area contributed by atoms with Gasteiger partial charge in [-0.2, -0.15) is 0 Å². The van der Waals surface area contributed by atoms with E-state index in [1.165, 1.54) is 6.92 Å². The van der Waals surface area contributed by atoms with Gasteiger partial charge in [-0.1, -0.05) is 6.58 Å². The molecule has 0 atom stereocenters. The van der Waals surface area contributed by atoms with Crippen LogP contribution in [0.2, 0.25) is 0 Å². The Morgan fingerprint density at radius 2 is 0.875 bits per heavy atom. The molecular weight excluding hydrogens is 440 g/mol. The SMILES string of the molecule is C=C(C)C(=O)OCCOC(=O)c1c(C(=O)O)c(C(=O)O)c(C(=O)O)c(C(=O)O)c1C(=O)O. The van der Waals surface area contributed by atoms with E-state index in [1.54, 1.807) is 0 Å². The second-order valence-electron chi connectivity index (χ2n) is 5.83. The molecule has 0 aliphatic carbocycles. The molecule has 1 rings (SSSR count). The highest BCUT2D eigenvalue weighted by atomic mass is 16.6. The van der Waals surface area contributed by atoms with Gasteiger partial charge in [0.2, 0.25) is 0 Å². The third kappa shape index (κ3) is 5.05. The molecule has 0 amide bonds. The number of carbonyl (C=O) groups is 7. The molecule has 0 spiro atoms. The molecule has 0 heterocycles. The molecule has 0 unspecified atom stereocenters. The molecule has 32 heavy (non-hydrogen) atoms. The molecule has 0 saturated heterocycles. The second kappa shape index (κ2) is 9.84. The summed E-state index contributed by atoms with van der Waals surface area (Å²) in [7, 11) is 0. The van der Waals surface area contributed by atoms with Crippen LogP contribution in [0, 0.1) is 0 Å². The predicted molar refractivity (Wildman–Crippen MR) is 97.3 cm³/mol. The van der Waals surface area contributed by atoms with Crippen molar-refractivity contribution < 1.29 is 68.6 Å². The minimum Gasteiger partial charge on any atom is -0.478 e. The van der Waals surface area contributed by atoms with Gasteiger partial charge in [-0.15, -0.1) is 0 Å². The van der Waals surface area contributed by atoms with Gasteiger partial charge in [0, 0.05) is 5.57 Å². The number of carbonyl (C=O) groups excluding carboxylic acids is 2. The van der Waals surface area contributed by atoms with Crippen molar-refractivity contribution in [3.63, 3.8) is 0 Å². The molecule has 170 valence electrons. The lowest BCUT2D eigenvalue weighted by Gasteiger charge is -2.17. The molecule has 0 saturated carbocycles. The zero-order valence-corrected chi connectivity index (χ0v) is 16.0. The Labute approximate surface area is 176 Å². The first-order valence-electron chi connectivity index (χ1n) is 8.14. The summed E-state index contributed by atoms with van der Waals surface area (Å²) in [5, 5.41) is 46.7. The molecule has 0 bridgehead atoms. The molecule has 0 radical (unpaired) electrons. The first-order valence-corrected chi connectivity index (χ1v) is 8.14. The van der Waals surface area contributed by atoms with E-state index in [4.69, 9.17) is 0 Å². The van der Waals surface area contributed by atoms with Crippen LogP contribution in [-0.4, -0.2) is 80.5 Å². The Balaban J connectivity index is 3.82. The van der Waals surface area contributed by atoms with Gasteiger partial charge in [-0.05, 0) is 6.92 Å². The average Bonchev–Trinajstić information content (AvgIpc) is 2.67. The van der Waals surface area contributed by atoms with Crippen molar-refractivity contribution in [1.29, 1.82) is 0 Å². The van der Waals surface area contributed by atoms with E-state index in [0.29, 0.717) is 0 Å². The van der Waals surface area contributed by atoms with Gasteiger partial charge in [0.1, 0.15) is 13.2 Å². The Bertz CT molecular complexity index is 1020. The molecule has 0 aliphatic heterocycles. The monoisotopic (exact) mass is 454 g/mol. The summed E-state index contributed by atoms with van der Waals surface area (Å²) in [6, 6.07) is 0. The van der Waals surface area contributed by atoms with E-state index in [9.17, 15) is 59.1 Å². The van der Waals surface area contributed by atoms with Crippen LogP contribution in [-0.2, 0) is 14.3 Å². The summed E-state index contributed by atoms with van der Waals surface area (Å²) in [5.74, 6) is -14.0. The van der Waals surface area contributed by atoms with Gasteiger partial charge in [0.15, 0.2) is 0 Å². The second-order valence-corrected chi connectivity index (χ2v) is 5.83. The smallest absolute Gasteiger partial charge is 0.340 e. The normalized spacial score (nSPS) is 10.0. The van der Waals surface area contributed by atoms with E-state index in [-0.39, 0.29) is 5.57 Å². The highest BCUT2D eigenvalue weighted by Crippen LogP contribution is 2.30. The number of hydrogen-bond acceptors (Lipinski definition) is 9. The lowest BCUT2D eigenvalue weighted by atomic mass is 9.86. The number of rotatable bonds is 10. The van der Waals surface area contributed by atoms with E-state index >= 15 is 0 Å². The van der Waals surface area contributed by atoms with Crippen molar-refractivity contribution in [2.45, 2.75) is 6.92 Å². The average molecular weight is 454 g/mol. The summed E-state index contributed by atoms with van der Waals surface area (Å²) in [4.78, 5) is 81.9. The zero-order chi connectivity index (χ0) is 24.9. The topological polar surface area (TPSA) is 239 Å². The molecule has 0 aliphatic rings. The van der Waals surface area contributed by atoms with E-state index in [1.807, 2.05) is 0 Å². The van der Waals surface area contributed by atoms with Crippen LogP contribution in [0.1, 0.15) is 69.1 Å². The third-order valence-corrected chi connectivity index (χ3v) is 3.67. The Morgan fingerprint density at radius 3 is 1.16 bits per heavy atom. The first kappa shape index (κ1) is 25.3. The molecular formula is C18H14O14. The van der Waals surface area contributed by atoms with Crippen LogP contribution in [0.15, 0.2) is 12.2 Å². The minimum atomic E-state index is -2.27. The maximum Gasteiger partial charge on any atom is 0.340 e. The molecule has 14 heteroatoms. The Kier molecular flexibility index (Phi) is 7.77. The summed E-state index contributed by atoms with van der Waals surface area (Å²) in [5.41, 5.74) is -9.70. The maximum absolute atomic E-state index is 12.5. The van der Waals surface area contributed by atoms with Crippen molar-refractivity contribution in [3.8, 4) is 0 Å². The minimum absolute atomic E-state index is 0.0147. The van der Waals surface area contributed by atoms with Gasteiger partial charge in [-0.25, -0.2) is 33.6 Å². The van der Waals surface area contributed by atoms with Crippen LogP contribution >= 0.6 is 0 Å². The lowest BCUT2D eigenvalue weighted by molar-refractivity contribution is -0.140. The zero-order valence-electron chi connectivity index (χ0n) is 16.0. The molecule has 1 aromatic rings. The molecule has 5 N–H and O–H groups in total. The van der Waals surface area contributed by atoms with Crippen molar-refractivity contribution in [1.82, 2.24) is 0 Å². The van der Waals surface area contributed by atoms with Crippen molar-refractivity contribution in [2.75, 3.05) is 13.2 Å². The third-order valence-electron chi connectivity index (χ3n) is 3.67. The van der Waals surface area contributed by atoms with E-state index in [2.05, 4.69) is 16.1 Å². The summed E-state index contributed by atoms with van der Waals surface area (Å²) in [6.07, 6.45) is 0. The predicted octanol–water partition coefficient (Wildman–Crippen LogP) is 0.454. The highest BCUT2D eigenvalue weighted by molar-refractivity contribution is 6.23. The number of benzene rings is 1. The van der Waals surface area contributed by atoms with E-state index < -0.39 is 88.4 Å². The fourth-order valence-corrected chi connectivity index (χ4v) is 2.49. The molecule has 14 nitrogen and oxygen atoms in total. The maximum atomic E-state index is 12.5. The Hall–Kier alpha value is -4.75. The standard InChI is InChI=1S/C18H14O14/c1-5(2)17(29)31-3-4-32-18(30)11-9(15(25)26)7(13(21)22)6(12(19)20)8(14(23)24)10(11)16(27)28/h1,3-4H2,2H3,(H,19,20)(H,21,22)(H,23,24)(H,25,26)(H,27,28). The van der Waals surface area contributed by atoms with Crippen LogP contribution in [0.3, 0.4) is 0 Å². The number of aromatic carboxylic acids is 5. The highest BCUT2D eigenvalue weighted by Gasteiger charge is 2.41. The largest absolute Gasteiger partial charge is 0.478 e. The number of esters is 2. The fourth-order valence-electron chi connectivity index (χ4n) is 2.49. The fraction of sp³-hybridized carbons (Fsp3) is 0.167. The van der Waals surface area contributed by atoms with Crippen LogP contribution < -0.4 is 0 Å².